The molecule has 0 bridgehead atoms. The molecule has 0 spiro atoms. The van der Waals surface area contributed by atoms with Gasteiger partial charge in [-0.1, -0.05) is 13.8 Å². The second kappa shape index (κ2) is 12.1. The number of hydrogen-bond acceptors (Lipinski definition) is 7. The number of aliphatic carboxylic acids is 2. The molecule has 27 heavy (non-hydrogen) atoms. The van der Waals surface area contributed by atoms with E-state index in [2.05, 4.69) is 28.6 Å². The Morgan fingerprint density at radius 2 is 1.59 bits per heavy atom. The third kappa shape index (κ3) is 10.4. The normalized spacial score (nSPS) is 14.0. The minimum Gasteiger partial charge on any atom is -0.481 e. The van der Waals surface area contributed by atoms with Crippen molar-refractivity contribution in [1.82, 2.24) is 16.0 Å². The monoisotopic (exact) mass is 406 g/mol. The smallest absolute Gasteiger partial charge is 0.327 e. The van der Waals surface area contributed by atoms with Gasteiger partial charge in [-0.15, -0.1) is 0 Å². The second-order valence-electron chi connectivity index (χ2n) is 6.25. The molecule has 0 aromatic heterocycles. The molecule has 0 radical (unpaired) electrons. The topological polar surface area (TPSA) is 188 Å². The number of thiol groups is 1. The Balaban J connectivity index is 4.77. The zero-order valence-corrected chi connectivity index (χ0v) is 16.0. The van der Waals surface area contributed by atoms with Crippen LogP contribution >= 0.6 is 12.6 Å². The quantitative estimate of drug-likeness (QED) is 0.180. The van der Waals surface area contributed by atoms with Crippen LogP contribution in [0.5, 0.6) is 0 Å². The minimum absolute atomic E-state index is 0.0129. The minimum atomic E-state index is -1.31. The van der Waals surface area contributed by atoms with E-state index in [4.69, 9.17) is 15.9 Å². The Hall–Kier alpha value is -2.34. The van der Waals surface area contributed by atoms with Crippen LogP contribution in [0.15, 0.2) is 0 Å². The fraction of sp³-hybridized carbons (Fsp3) is 0.667. The van der Waals surface area contributed by atoms with Gasteiger partial charge in [0.1, 0.15) is 12.1 Å². The highest BCUT2D eigenvalue weighted by Crippen LogP contribution is 2.06. The van der Waals surface area contributed by atoms with Gasteiger partial charge in [0.05, 0.1) is 19.0 Å². The van der Waals surface area contributed by atoms with Gasteiger partial charge in [0.15, 0.2) is 0 Å². The van der Waals surface area contributed by atoms with Gasteiger partial charge < -0.3 is 31.9 Å². The van der Waals surface area contributed by atoms with Crippen molar-refractivity contribution in [2.24, 2.45) is 11.7 Å². The first kappa shape index (κ1) is 24.7. The fourth-order valence-electron chi connectivity index (χ4n) is 1.99. The molecule has 0 aliphatic heterocycles. The number of carboxylic acid groups (broad SMARTS) is 2. The SMILES string of the molecule is CC(C)CC(NC(=O)CNC(=O)C(N)CC(=O)O)C(=O)NC(CS)C(=O)O. The van der Waals surface area contributed by atoms with Crippen molar-refractivity contribution in [3.63, 3.8) is 0 Å². The molecule has 0 saturated carbocycles. The fourth-order valence-corrected chi connectivity index (χ4v) is 2.23. The van der Waals surface area contributed by atoms with E-state index in [1.807, 2.05) is 13.8 Å². The summed E-state index contributed by atoms with van der Waals surface area (Å²) in [5.41, 5.74) is 5.37. The van der Waals surface area contributed by atoms with Gasteiger partial charge in [-0.2, -0.15) is 12.6 Å². The summed E-state index contributed by atoms with van der Waals surface area (Å²) < 4.78 is 0. The molecule has 7 N–H and O–H groups in total. The number of carbonyl (C=O) groups is 5. The molecule has 3 amide bonds. The van der Waals surface area contributed by atoms with E-state index in [-0.39, 0.29) is 18.1 Å². The molecule has 3 unspecified atom stereocenters. The molecule has 12 heteroatoms. The molecular formula is C15H26N4O7S. The summed E-state index contributed by atoms with van der Waals surface area (Å²) in [5.74, 6) is -4.84. The van der Waals surface area contributed by atoms with Gasteiger partial charge in [-0.3, -0.25) is 19.2 Å². The standard InChI is InChI=1S/C15H26N4O7S/c1-7(2)3-9(14(24)19-10(6-27)15(25)26)18-11(20)5-17-13(23)8(16)4-12(21)22/h7-10,27H,3-6,16H2,1-2H3,(H,17,23)(H,18,20)(H,19,24)(H,21,22)(H,25,26). The van der Waals surface area contributed by atoms with Crippen LogP contribution in [0.4, 0.5) is 0 Å². The van der Waals surface area contributed by atoms with Crippen molar-refractivity contribution >= 4 is 42.3 Å². The largest absolute Gasteiger partial charge is 0.481 e. The highest BCUT2D eigenvalue weighted by atomic mass is 32.1. The maximum absolute atomic E-state index is 12.3. The van der Waals surface area contributed by atoms with Gasteiger partial charge in [-0.05, 0) is 12.3 Å². The summed E-state index contributed by atoms with van der Waals surface area (Å²) >= 11 is 3.85. The maximum Gasteiger partial charge on any atom is 0.327 e. The summed E-state index contributed by atoms with van der Waals surface area (Å²) in [4.78, 5) is 57.4. The van der Waals surface area contributed by atoms with Crippen LogP contribution in [0.2, 0.25) is 0 Å². The van der Waals surface area contributed by atoms with Crippen molar-refractivity contribution in [3.05, 3.63) is 0 Å². The molecule has 3 atom stereocenters. The van der Waals surface area contributed by atoms with Crippen molar-refractivity contribution in [1.29, 1.82) is 0 Å². The Kier molecular flexibility index (Phi) is 11.1. The Bertz CT molecular complexity index is 570. The van der Waals surface area contributed by atoms with Gasteiger partial charge in [0, 0.05) is 5.75 Å². The number of amides is 3. The first-order valence-electron chi connectivity index (χ1n) is 8.16. The molecule has 11 nitrogen and oxygen atoms in total. The predicted molar refractivity (Wildman–Crippen MR) is 98.0 cm³/mol. The lowest BCUT2D eigenvalue weighted by Gasteiger charge is -2.22. The van der Waals surface area contributed by atoms with Crippen LogP contribution in [0, 0.1) is 5.92 Å². The van der Waals surface area contributed by atoms with Gasteiger partial charge >= 0.3 is 11.9 Å². The lowest BCUT2D eigenvalue weighted by atomic mass is 10.0. The third-order valence-electron chi connectivity index (χ3n) is 3.31. The predicted octanol–water partition coefficient (Wildman–Crippen LogP) is -2.07. The lowest BCUT2D eigenvalue weighted by Crippen LogP contribution is -2.54. The summed E-state index contributed by atoms with van der Waals surface area (Å²) in [7, 11) is 0. The molecule has 0 saturated heterocycles. The number of nitrogens with one attached hydrogen (secondary N) is 3. The molecule has 0 rings (SSSR count). The molecular weight excluding hydrogens is 380 g/mol. The number of rotatable bonds is 12. The first-order valence-corrected chi connectivity index (χ1v) is 8.79. The van der Waals surface area contributed by atoms with Crippen LogP contribution in [0.25, 0.3) is 0 Å². The first-order chi connectivity index (χ1) is 12.5. The van der Waals surface area contributed by atoms with E-state index >= 15 is 0 Å². The van der Waals surface area contributed by atoms with Crippen molar-refractivity contribution < 1.29 is 34.2 Å². The highest BCUT2D eigenvalue weighted by molar-refractivity contribution is 7.80. The van der Waals surface area contributed by atoms with E-state index < -0.39 is 60.8 Å². The molecule has 0 aromatic carbocycles. The molecule has 0 aliphatic carbocycles. The van der Waals surface area contributed by atoms with E-state index in [0.29, 0.717) is 0 Å². The zero-order chi connectivity index (χ0) is 21.1. The zero-order valence-electron chi connectivity index (χ0n) is 15.1. The highest BCUT2D eigenvalue weighted by Gasteiger charge is 2.26. The van der Waals surface area contributed by atoms with Crippen molar-refractivity contribution in [3.8, 4) is 0 Å². The maximum atomic E-state index is 12.3. The van der Waals surface area contributed by atoms with Gasteiger partial charge in [-0.25, -0.2) is 4.79 Å². The Morgan fingerprint density at radius 1 is 1.00 bits per heavy atom. The number of carbonyl (C=O) groups excluding carboxylic acids is 3. The summed E-state index contributed by atoms with van der Waals surface area (Å²) in [6.07, 6.45) is -0.352. The van der Waals surface area contributed by atoms with E-state index in [9.17, 15) is 24.0 Å². The second-order valence-corrected chi connectivity index (χ2v) is 6.62. The average molecular weight is 406 g/mol. The van der Waals surface area contributed by atoms with Crippen LogP contribution in [0.3, 0.4) is 0 Å². The Labute approximate surface area is 161 Å². The molecule has 0 aromatic rings. The number of nitrogens with two attached hydrogens (primary N) is 1. The lowest BCUT2D eigenvalue weighted by molar-refractivity contribution is -0.141. The van der Waals surface area contributed by atoms with Crippen LogP contribution in [-0.4, -0.2) is 70.3 Å². The molecule has 0 heterocycles. The summed E-state index contributed by atoms with van der Waals surface area (Å²) in [6.45, 7) is 3.11. The summed E-state index contributed by atoms with van der Waals surface area (Å²) in [5, 5.41) is 24.4. The third-order valence-corrected chi connectivity index (χ3v) is 3.68. The number of carboxylic acids is 2. The van der Waals surface area contributed by atoms with Crippen LogP contribution < -0.4 is 21.7 Å². The number of hydrogen-bond donors (Lipinski definition) is 7. The Morgan fingerprint density at radius 3 is 2.04 bits per heavy atom. The molecule has 0 fully saturated rings. The van der Waals surface area contributed by atoms with E-state index in [0.717, 1.165) is 0 Å². The van der Waals surface area contributed by atoms with E-state index in [1.54, 1.807) is 0 Å². The molecule has 154 valence electrons. The summed E-state index contributed by atoms with van der Waals surface area (Å²) in [6, 6.07) is -3.53. The van der Waals surface area contributed by atoms with Gasteiger partial charge in [0.25, 0.3) is 0 Å². The van der Waals surface area contributed by atoms with Gasteiger partial charge in [0.2, 0.25) is 17.7 Å². The van der Waals surface area contributed by atoms with Crippen LogP contribution in [0.1, 0.15) is 26.7 Å². The average Bonchev–Trinajstić information content (AvgIpc) is 2.55. The van der Waals surface area contributed by atoms with Crippen LogP contribution in [-0.2, 0) is 24.0 Å². The van der Waals surface area contributed by atoms with Crippen molar-refractivity contribution in [2.45, 2.75) is 44.8 Å². The van der Waals surface area contributed by atoms with Crippen molar-refractivity contribution in [2.75, 3.05) is 12.3 Å². The molecule has 0 aliphatic rings. The van der Waals surface area contributed by atoms with E-state index in [1.165, 1.54) is 0 Å².